The summed E-state index contributed by atoms with van der Waals surface area (Å²) in [5, 5.41) is 5.96. The van der Waals surface area contributed by atoms with Crippen molar-refractivity contribution in [1.29, 1.82) is 0 Å². The highest BCUT2D eigenvalue weighted by Gasteiger charge is 2.10. The molecule has 0 aliphatic heterocycles. The summed E-state index contributed by atoms with van der Waals surface area (Å²) < 4.78 is 0.689. The van der Waals surface area contributed by atoms with Gasteiger partial charge >= 0.3 is 0 Å². The molecule has 0 aromatic heterocycles. The molecule has 0 aliphatic carbocycles. The minimum Gasteiger partial charge on any atom is -0.350 e. The second-order valence-electron chi connectivity index (χ2n) is 4.57. The fourth-order valence-corrected chi connectivity index (χ4v) is 2.36. The lowest BCUT2D eigenvalue weighted by molar-refractivity contribution is -0.120. The van der Waals surface area contributed by atoms with Crippen LogP contribution in [0.1, 0.15) is 15.9 Å². The van der Waals surface area contributed by atoms with Crippen LogP contribution in [0.2, 0.25) is 5.02 Å². The predicted molar refractivity (Wildman–Crippen MR) is 89.8 cm³/mol. The van der Waals surface area contributed by atoms with Crippen molar-refractivity contribution < 1.29 is 9.59 Å². The van der Waals surface area contributed by atoms with Gasteiger partial charge in [0, 0.05) is 16.0 Å². The number of hydrogen-bond acceptors (Lipinski definition) is 2. The Bertz CT molecular complexity index is 674. The van der Waals surface area contributed by atoms with Crippen LogP contribution in [-0.2, 0) is 11.3 Å². The molecule has 2 aromatic carbocycles. The Kier molecular flexibility index (Phi) is 5.98. The van der Waals surface area contributed by atoms with E-state index >= 15 is 0 Å². The van der Waals surface area contributed by atoms with Gasteiger partial charge in [0.1, 0.15) is 0 Å². The van der Waals surface area contributed by atoms with E-state index in [0.29, 0.717) is 21.6 Å². The summed E-state index contributed by atoms with van der Waals surface area (Å²) in [7, 11) is 0. The quantitative estimate of drug-likeness (QED) is 0.836. The maximum atomic E-state index is 11.9. The Labute approximate surface area is 142 Å². The minimum atomic E-state index is -0.297. The van der Waals surface area contributed by atoms with Crippen LogP contribution in [0.4, 0.5) is 0 Å². The van der Waals surface area contributed by atoms with Gasteiger partial charge in [0.25, 0.3) is 5.91 Å². The molecule has 2 N–H and O–H groups in total. The summed E-state index contributed by atoms with van der Waals surface area (Å²) in [5.41, 5.74) is 1.43. The van der Waals surface area contributed by atoms with Crippen LogP contribution in [0.15, 0.2) is 53.0 Å². The first-order valence-corrected chi connectivity index (χ1v) is 7.77. The first kappa shape index (κ1) is 16.5. The van der Waals surface area contributed by atoms with E-state index < -0.39 is 0 Å². The van der Waals surface area contributed by atoms with Gasteiger partial charge in [0.2, 0.25) is 5.91 Å². The van der Waals surface area contributed by atoms with E-state index in [9.17, 15) is 9.59 Å². The monoisotopic (exact) mass is 380 g/mol. The summed E-state index contributed by atoms with van der Waals surface area (Å²) >= 11 is 9.09. The van der Waals surface area contributed by atoms with E-state index in [4.69, 9.17) is 11.6 Å². The van der Waals surface area contributed by atoms with E-state index in [1.807, 2.05) is 18.2 Å². The van der Waals surface area contributed by atoms with Crippen molar-refractivity contribution in [1.82, 2.24) is 10.6 Å². The summed E-state index contributed by atoms with van der Waals surface area (Å²) in [6.45, 7) is 0.314. The van der Waals surface area contributed by atoms with Crippen molar-refractivity contribution in [3.8, 4) is 0 Å². The molecule has 0 radical (unpaired) electrons. The summed E-state index contributed by atoms with van der Waals surface area (Å²) in [5.74, 6) is -0.551. The van der Waals surface area contributed by atoms with E-state index in [-0.39, 0.29) is 18.4 Å². The van der Waals surface area contributed by atoms with Gasteiger partial charge in [0.05, 0.1) is 12.1 Å². The van der Waals surface area contributed by atoms with Crippen molar-refractivity contribution in [2.75, 3.05) is 6.54 Å². The summed E-state index contributed by atoms with van der Waals surface area (Å²) in [6.07, 6.45) is 0. The number of amides is 2. The zero-order valence-corrected chi connectivity index (χ0v) is 13.9. The number of carbonyl (C=O) groups is 2. The van der Waals surface area contributed by atoms with Gasteiger partial charge in [-0.15, -0.1) is 0 Å². The molecule has 0 aliphatic rings. The average Bonchev–Trinajstić information content (AvgIpc) is 2.52. The third kappa shape index (κ3) is 4.86. The van der Waals surface area contributed by atoms with Crippen LogP contribution in [0, 0.1) is 0 Å². The van der Waals surface area contributed by atoms with Crippen LogP contribution >= 0.6 is 27.5 Å². The molecule has 114 valence electrons. The smallest absolute Gasteiger partial charge is 0.252 e. The van der Waals surface area contributed by atoms with Crippen LogP contribution in [0.5, 0.6) is 0 Å². The molecule has 0 unspecified atom stereocenters. The molecule has 2 rings (SSSR count). The molecule has 22 heavy (non-hydrogen) atoms. The van der Waals surface area contributed by atoms with Crippen molar-refractivity contribution in [3.63, 3.8) is 0 Å². The first-order valence-electron chi connectivity index (χ1n) is 6.60. The Balaban J connectivity index is 1.79. The molecular weight excluding hydrogens is 368 g/mol. The van der Waals surface area contributed by atoms with Gasteiger partial charge in [-0.05, 0) is 45.8 Å². The maximum absolute atomic E-state index is 11.9. The van der Waals surface area contributed by atoms with E-state index in [1.165, 1.54) is 0 Å². The minimum absolute atomic E-state index is 0.0756. The molecule has 6 heteroatoms. The Morgan fingerprint density at radius 3 is 2.36 bits per heavy atom. The lowest BCUT2D eigenvalue weighted by Crippen LogP contribution is -2.36. The number of benzene rings is 2. The number of hydrogen-bond donors (Lipinski definition) is 2. The van der Waals surface area contributed by atoms with E-state index in [0.717, 1.165) is 5.56 Å². The van der Waals surface area contributed by atoms with Crippen LogP contribution in [0.25, 0.3) is 0 Å². The van der Waals surface area contributed by atoms with Gasteiger partial charge in [-0.25, -0.2) is 0 Å². The van der Waals surface area contributed by atoms with Crippen LogP contribution < -0.4 is 10.6 Å². The lowest BCUT2D eigenvalue weighted by Gasteiger charge is -2.08. The zero-order chi connectivity index (χ0) is 15.9. The number of carbonyl (C=O) groups excluding carboxylic acids is 2. The molecule has 0 saturated carbocycles. The third-order valence-corrected chi connectivity index (χ3v) is 3.87. The molecule has 0 heterocycles. The highest BCUT2D eigenvalue weighted by molar-refractivity contribution is 9.10. The van der Waals surface area contributed by atoms with Crippen molar-refractivity contribution >= 4 is 39.3 Å². The molecule has 4 nitrogen and oxygen atoms in total. The molecule has 0 bridgehead atoms. The zero-order valence-electron chi connectivity index (χ0n) is 11.6. The third-order valence-electron chi connectivity index (χ3n) is 2.93. The second kappa shape index (κ2) is 7.96. The fourth-order valence-electron chi connectivity index (χ4n) is 1.77. The number of nitrogens with one attached hydrogen (secondary N) is 2. The molecule has 0 fully saturated rings. The molecule has 0 spiro atoms. The molecule has 0 saturated heterocycles. The Hall–Kier alpha value is -1.85. The van der Waals surface area contributed by atoms with Gasteiger partial charge in [-0.1, -0.05) is 35.9 Å². The molecular formula is C16H14BrClN2O2. The van der Waals surface area contributed by atoms with Crippen LogP contribution in [0.3, 0.4) is 0 Å². The largest absolute Gasteiger partial charge is 0.350 e. The lowest BCUT2D eigenvalue weighted by atomic mass is 10.2. The fraction of sp³-hybridized carbons (Fsp3) is 0.125. The van der Waals surface area contributed by atoms with Gasteiger partial charge < -0.3 is 10.6 Å². The van der Waals surface area contributed by atoms with Crippen molar-refractivity contribution in [3.05, 3.63) is 69.2 Å². The van der Waals surface area contributed by atoms with Crippen molar-refractivity contribution in [2.45, 2.75) is 6.54 Å². The highest BCUT2D eigenvalue weighted by atomic mass is 79.9. The van der Waals surface area contributed by atoms with Crippen molar-refractivity contribution in [2.24, 2.45) is 0 Å². The molecule has 2 aromatic rings. The van der Waals surface area contributed by atoms with E-state index in [1.54, 1.807) is 30.3 Å². The number of halogens is 2. The maximum Gasteiger partial charge on any atom is 0.252 e. The first-order chi connectivity index (χ1) is 10.6. The second-order valence-corrected chi connectivity index (χ2v) is 5.86. The number of rotatable bonds is 5. The Morgan fingerprint density at radius 2 is 1.68 bits per heavy atom. The van der Waals surface area contributed by atoms with Gasteiger partial charge in [0.15, 0.2) is 0 Å². The SMILES string of the molecule is O=C(CNC(=O)c1ccccc1Br)NCc1ccc(Cl)cc1. The molecule has 2 amide bonds. The van der Waals surface area contributed by atoms with Gasteiger partial charge in [-0.3, -0.25) is 9.59 Å². The normalized spacial score (nSPS) is 10.1. The van der Waals surface area contributed by atoms with E-state index in [2.05, 4.69) is 26.6 Å². The topological polar surface area (TPSA) is 58.2 Å². The average molecular weight is 382 g/mol. The van der Waals surface area contributed by atoms with Gasteiger partial charge in [-0.2, -0.15) is 0 Å². The van der Waals surface area contributed by atoms with Crippen LogP contribution in [-0.4, -0.2) is 18.4 Å². The standard InChI is InChI=1S/C16H14BrClN2O2/c17-14-4-2-1-3-13(14)16(22)20-10-15(21)19-9-11-5-7-12(18)8-6-11/h1-8H,9-10H2,(H,19,21)(H,20,22). The summed E-state index contributed by atoms with van der Waals surface area (Å²) in [6, 6.07) is 14.2. The molecule has 0 atom stereocenters. The summed E-state index contributed by atoms with van der Waals surface area (Å²) in [4.78, 5) is 23.7. The Morgan fingerprint density at radius 1 is 1.00 bits per heavy atom. The highest BCUT2D eigenvalue weighted by Crippen LogP contribution is 2.15. The predicted octanol–water partition coefficient (Wildman–Crippen LogP) is 3.15.